The molecule has 0 aliphatic carbocycles. The number of methoxy groups -OCH3 is 1. The van der Waals surface area contributed by atoms with Gasteiger partial charge in [0.2, 0.25) is 5.91 Å². The Hall–Kier alpha value is -2.64. The Morgan fingerprint density at radius 2 is 2.00 bits per heavy atom. The summed E-state index contributed by atoms with van der Waals surface area (Å²) < 4.78 is 15.1. The van der Waals surface area contributed by atoms with Crippen LogP contribution in [0.2, 0.25) is 0 Å². The number of nitrogens with zero attached hydrogens (tertiary/aromatic N) is 6. The minimum atomic E-state index is -2.50. The van der Waals surface area contributed by atoms with Crippen LogP contribution in [0.3, 0.4) is 0 Å². The van der Waals surface area contributed by atoms with Crippen molar-refractivity contribution < 1.29 is 39.1 Å². The molecule has 2 rings (SSSR count). The smallest absolute Gasteiger partial charge is 0.366 e. The first-order chi connectivity index (χ1) is 12.7. The molecule has 0 saturated carbocycles. The molecule has 2 aliphatic heterocycles. The van der Waals surface area contributed by atoms with Crippen LogP contribution in [0.5, 0.6) is 0 Å². The molecule has 1 amide bonds. The van der Waals surface area contributed by atoms with Gasteiger partial charge >= 0.3 is 5.97 Å². The second kappa shape index (κ2) is 7.94. The third-order valence-corrected chi connectivity index (χ3v) is 4.12. The number of hydrogen-bond donors (Lipinski definition) is 4. The molecule has 0 aromatic rings. The monoisotopic (exact) mass is 387 g/mol. The van der Waals surface area contributed by atoms with Crippen LogP contribution in [0.15, 0.2) is 10.2 Å². The molecule has 0 radical (unpaired) electrons. The first-order valence-electron chi connectivity index (χ1n) is 7.59. The summed E-state index contributed by atoms with van der Waals surface area (Å²) in [6.45, 7) is -1.14. The Morgan fingerprint density at radius 3 is 2.59 bits per heavy atom. The highest BCUT2D eigenvalue weighted by atomic mass is 16.7. The van der Waals surface area contributed by atoms with Gasteiger partial charge < -0.3 is 34.8 Å². The average Bonchev–Trinajstić information content (AvgIpc) is 3.34. The van der Waals surface area contributed by atoms with Crippen LogP contribution < -0.4 is 5.32 Å². The van der Waals surface area contributed by atoms with Crippen molar-refractivity contribution in [1.29, 1.82) is 0 Å². The van der Waals surface area contributed by atoms with Crippen molar-refractivity contribution in [2.45, 2.75) is 42.3 Å². The van der Waals surface area contributed by atoms with E-state index in [-0.39, 0.29) is 0 Å². The first kappa shape index (κ1) is 20.7. The van der Waals surface area contributed by atoms with Gasteiger partial charge in [0, 0.05) is 16.2 Å². The Morgan fingerprint density at radius 1 is 1.33 bits per heavy atom. The van der Waals surface area contributed by atoms with Gasteiger partial charge in [-0.2, -0.15) is 0 Å². The van der Waals surface area contributed by atoms with Crippen LogP contribution in [0.4, 0.5) is 0 Å². The normalized spacial score (nSPS) is 33.3. The number of hydrogen-bond acceptors (Lipinski definition) is 10. The number of esters is 1. The van der Waals surface area contributed by atoms with Crippen LogP contribution in [0.1, 0.15) is 6.42 Å². The molecule has 148 valence electrons. The predicted molar refractivity (Wildman–Crippen MR) is 82.2 cm³/mol. The van der Waals surface area contributed by atoms with Crippen molar-refractivity contribution in [2.24, 2.45) is 10.2 Å². The SMILES string of the molecule is COC(=O)[C@@]1(O)CC2O[C@]2(NC(=O)CN=[N+]=[N-])C([C@H](O)[C@H](O)CN=[N+]=[N-])O1. The number of carbonyl (C=O) groups excluding carboxylic acids is 2. The third-order valence-electron chi connectivity index (χ3n) is 4.12. The highest BCUT2D eigenvalue weighted by Gasteiger charge is 2.73. The van der Waals surface area contributed by atoms with E-state index < -0.39 is 67.3 Å². The fourth-order valence-corrected chi connectivity index (χ4v) is 2.82. The quantitative estimate of drug-likeness (QED) is 0.121. The van der Waals surface area contributed by atoms with E-state index in [1.54, 1.807) is 0 Å². The lowest BCUT2D eigenvalue weighted by molar-refractivity contribution is -0.279. The number of amides is 1. The second-order valence-corrected chi connectivity index (χ2v) is 5.83. The summed E-state index contributed by atoms with van der Waals surface area (Å²) in [7, 11) is 1.00. The minimum Gasteiger partial charge on any atom is -0.465 e. The van der Waals surface area contributed by atoms with Gasteiger partial charge in [-0.15, -0.1) is 0 Å². The van der Waals surface area contributed by atoms with Crippen LogP contribution in [0, 0.1) is 0 Å². The number of fused-ring (bicyclic) bond motifs is 1. The molecular weight excluding hydrogens is 370 g/mol. The van der Waals surface area contributed by atoms with Crippen molar-refractivity contribution >= 4 is 11.9 Å². The molecule has 2 fully saturated rings. The van der Waals surface area contributed by atoms with Gasteiger partial charge in [0.25, 0.3) is 5.79 Å². The molecule has 0 aromatic heterocycles. The molecule has 6 atom stereocenters. The fourth-order valence-electron chi connectivity index (χ4n) is 2.82. The molecule has 15 heteroatoms. The van der Waals surface area contributed by atoms with E-state index in [1.807, 2.05) is 0 Å². The van der Waals surface area contributed by atoms with Gasteiger partial charge in [-0.3, -0.25) is 4.79 Å². The summed E-state index contributed by atoms with van der Waals surface area (Å²) in [4.78, 5) is 28.6. The second-order valence-electron chi connectivity index (χ2n) is 5.83. The summed E-state index contributed by atoms with van der Waals surface area (Å²) in [5, 5.41) is 39.3. The maximum atomic E-state index is 11.9. The zero-order valence-electron chi connectivity index (χ0n) is 14.0. The van der Waals surface area contributed by atoms with E-state index in [0.29, 0.717) is 0 Å². The molecular formula is C12H17N7O8. The van der Waals surface area contributed by atoms with Crippen molar-refractivity contribution in [1.82, 2.24) is 5.32 Å². The van der Waals surface area contributed by atoms with Crippen LogP contribution in [-0.4, -0.2) is 83.3 Å². The Kier molecular flexibility index (Phi) is 6.08. The Balaban J connectivity index is 2.28. The largest absolute Gasteiger partial charge is 0.465 e. The maximum absolute atomic E-state index is 11.9. The molecule has 2 aliphatic rings. The number of ether oxygens (including phenoxy) is 3. The molecule has 2 heterocycles. The Bertz CT molecular complexity index is 708. The molecule has 2 saturated heterocycles. The van der Waals surface area contributed by atoms with E-state index in [1.165, 1.54) is 0 Å². The zero-order valence-corrected chi connectivity index (χ0v) is 14.0. The lowest BCUT2D eigenvalue weighted by Crippen LogP contribution is -2.65. The molecule has 15 nitrogen and oxygen atoms in total. The average molecular weight is 387 g/mol. The van der Waals surface area contributed by atoms with Crippen molar-refractivity contribution in [2.75, 3.05) is 20.2 Å². The molecule has 4 N–H and O–H groups in total. The van der Waals surface area contributed by atoms with Gasteiger partial charge in [0.15, 0.2) is 5.72 Å². The highest BCUT2D eigenvalue weighted by molar-refractivity contribution is 5.80. The molecule has 0 aromatic carbocycles. The maximum Gasteiger partial charge on any atom is 0.366 e. The first-order valence-corrected chi connectivity index (χ1v) is 7.59. The number of epoxide rings is 1. The van der Waals surface area contributed by atoms with Crippen LogP contribution in [0.25, 0.3) is 20.9 Å². The van der Waals surface area contributed by atoms with Crippen molar-refractivity contribution in [3.63, 3.8) is 0 Å². The van der Waals surface area contributed by atoms with Crippen LogP contribution in [-0.2, 0) is 23.8 Å². The fraction of sp³-hybridized carbons (Fsp3) is 0.833. The van der Waals surface area contributed by atoms with Crippen molar-refractivity contribution in [3.05, 3.63) is 20.9 Å². The minimum absolute atomic E-state index is 0.433. The molecule has 0 bridgehead atoms. The summed E-state index contributed by atoms with van der Waals surface area (Å²) in [6, 6.07) is 0. The summed E-state index contributed by atoms with van der Waals surface area (Å²) in [5.41, 5.74) is 14.9. The number of azide groups is 2. The molecule has 27 heavy (non-hydrogen) atoms. The standard InChI is InChI=1S/C12H17N7O8/c1-25-10(23)11(24)2-6-12(26-6,17-7(21)4-16-19-14)9(27-11)8(22)5(20)3-15-18-13/h5-6,8-9,20,22,24H,2-4H2,1H3,(H,17,21)/t5-,6?,8-,9?,11-,12+/m1/s1. The van der Waals surface area contributed by atoms with Crippen LogP contribution >= 0.6 is 0 Å². The zero-order chi connectivity index (χ0) is 20.2. The molecule has 0 spiro atoms. The van der Waals surface area contributed by atoms with Gasteiger partial charge in [0.1, 0.15) is 24.9 Å². The van der Waals surface area contributed by atoms with Gasteiger partial charge in [-0.25, -0.2) is 4.79 Å². The van der Waals surface area contributed by atoms with Gasteiger partial charge in [-0.05, 0) is 11.1 Å². The Labute approximate surface area is 151 Å². The van der Waals surface area contributed by atoms with E-state index in [0.717, 1.165) is 7.11 Å². The topological polar surface area (TPSA) is 235 Å². The number of rotatable bonds is 8. The predicted octanol–water partition coefficient (Wildman–Crippen LogP) is -1.81. The summed E-state index contributed by atoms with van der Waals surface area (Å²) >= 11 is 0. The lowest BCUT2D eigenvalue weighted by atomic mass is 9.90. The number of aliphatic hydroxyl groups is 3. The number of aliphatic hydroxyl groups excluding tert-OH is 2. The van der Waals surface area contributed by atoms with E-state index >= 15 is 0 Å². The summed E-state index contributed by atoms with van der Waals surface area (Å²) in [5.74, 6) is -4.46. The van der Waals surface area contributed by atoms with Gasteiger partial charge in [0.05, 0.1) is 19.8 Å². The van der Waals surface area contributed by atoms with E-state index in [9.17, 15) is 24.9 Å². The number of nitrogens with one attached hydrogen (secondary N) is 1. The highest BCUT2D eigenvalue weighted by Crippen LogP contribution is 2.50. The number of carbonyl (C=O) groups is 2. The van der Waals surface area contributed by atoms with E-state index in [2.05, 4.69) is 30.1 Å². The van der Waals surface area contributed by atoms with E-state index in [4.69, 9.17) is 20.5 Å². The third kappa shape index (κ3) is 4.04. The van der Waals surface area contributed by atoms with Gasteiger partial charge in [-0.1, -0.05) is 10.2 Å². The summed E-state index contributed by atoms with van der Waals surface area (Å²) in [6.07, 6.45) is -6.55. The molecule has 2 unspecified atom stereocenters. The lowest BCUT2D eigenvalue weighted by Gasteiger charge is -2.40. The van der Waals surface area contributed by atoms with Crippen molar-refractivity contribution in [3.8, 4) is 0 Å².